The third-order valence-corrected chi connectivity index (χ3v) is 4.61. The molecule has 5 heteroatoms. The average molecular weight is 351 g/mol. The first-order valence-corrected chi connectivity index (χ1v) is 8.71. The summed E-state index contributed by atoms with van der Waals surface area (Å²) in [5.74, 6) is 0.750. The zero-order valence-electron chi connectivity index (χ0n) is 15.7. The van der Waals surface area contributed by atoms with Crippen molar-refractivity contribution in [2.75, 3.05) is 20.6 Å². The molecule has 5 nitrogen and oxygen atoms in total. The molecule has 2 heterocycles. The quantitative estimate of drug-likeness (QED) is 0.736. The summed E-state index contributed by atoms with van der Waals surface area (Å²) in [6.07, 6.45) is 1.65. The van der Waals surface area contributed by atoms with Gasteiger partial charge in [0.2, 0.25) is 0 Å². The lowest BCUT2D eigenvalue weighted by molar-refractivity contribution is 0.0939. The van der Waals surface area contributed by atoms with Crippen molar-refractivity contribution in [2.45, 2.75) is 19.9 Å². The fraction of sp³-hybridized carbons (Fsp3) is 0.286. The van der Waals surface area contributed by atoms with E-state index >= 15 is 0 Å². The van der Waals surface area contributed by atoms with Crippen LogP contribution in [0.25, 0.3) is 5.69 Å². The predicted molar refractivity (Wildman–Crippen MR) is 103 cm³/mol. The lowest BCUT2D eigenvalue weighted by atomic mass is 10.1. The molecule has 0 spiro atoms. The van der Waals surface area contributed by atoms with Crippen LogP contribution >= 0.6 is 0 Å². The van der Waals surface area contributed by atoms with E-state index in [0.717, 1.165) is 11.4 Å². The van der Waals surface area contributed by atoms with Gasteiger partial charge < -0.3 is 14.3 Å². The Hall–Kier alpha value is -2.79. The monoisotopic (exact) mass is 351 g/mol. The number of hydrogen-bond acceptors (Lipinski definition) is 3. The molecule has 0 saturated heterocycles. The van der Waals surface area contributed by atoms with Crippen LogP contribution in [0.1, 0.15) is 33.5 Å². The predicted octanol–water partition coefficient (Wildman–Crippen LogP) is 3.72. The molecular weight excluding hydrogens is 326 g/mol. The van der Waals surface area contributed by atoms with Gasteiger partial charge >= 0.3 is 0 Å². The molecule has 136 valence electrons. The number of rotatable bonds is 6. The molecule has 1 N–H and O–H groups in total. The van der Waals surface area contributed by atoms with Gasteiger partial charge in [-0.2, -0.15) is 0 Å². The molecular formula is C21H25N3O2. The van der Waals surface area contributed by atoms with Crippen molar-refractivity contribution in [3.8, 4) is 5.69 Å². The van der Waals surface area contributed by atoms with Crippen LogP contribution in [0.5, 0.6) is 0 Å². The summed E-state index contributed by atoms with van der Waals surface area (Å²) in [5.41, 5.74) is 4.05. The van der Waals surface area contributed by atoms with E-state index in [1.807, 2.05) is 55.4 Å². The topological polar surface area (TPSA) is 50.4 Å². The van der Waals surface area contributed by atoms with E-state index in [0.29, 0.717) is 12.1 Å². The van der Waals surface area contributed by atoms with Crippen LogP contribution in [0, 0.1) is 13.8 Å². The number of carbonyl (C=O) groups excluding carboxylic acids is 1. The fourth-order valence-electron chi connectivity index (χ4n) is 3.15. The minimum Gasteiger partial charge on any atom is -0.468 e. The van der Waals surface area contributed by atoms with Crippen LogP contribution in [0.2, 0.25) is 0 Å². The molecule has 0 unspecified atom stereocenters. The molecule has 2 aromatic heterocycles. The molecule has 0 aliphatic carbocycles. The summed E-state index contributed by atoms with van der Waals surface area (Å²) in [5, 5.41) is 3.00. The fourth-order valence-corrected chi connectivity index (χ4v) is 3.15. The average Bonchev–Trinajstić information content (AvgIpc) is 3.25. The molecule has 1 aromatic carbocycles. The second-order valence-electron chi connectivity index (χ2n) is 6.70. The molecule has 0 radical (unpaired) electrons. The molecule has 0 bridgehead atoms. The Morgan fingerprint density at radius 1 is 1.08 bits per heavy atom. The van der Waals surface area contributed by atoms with Crippen LogP contribution in [0.4, 0.5) is 0 Å². The molecule has 1 amide bonds. The van der Waals surface area contributed by atoms with E-state index in [1.54, 1.807) is 6.26 Å². The first-order valence-electron chi connectivity index (χ1n) is 8.71. The number of furan rings is 1. The minimum absolute atomic E-state index is 0.00148. The van der Waals surface area contributed by atoms with E-state index in [9.17, 15) is 4.79 Å². The SMILES string of the molecule is Cc1ccc(C)n1-c1ccc(C(=O)NC[C@@H](c2ccco2)N(C)C)cc1. The van der Waals surface area contributed by atoms with Crippen LogP contribution < -0.4 is 5.32 Å². The lowest BCUT2D eigenvalue weighted by Crippen LogP contribution is -2.34. The highest BCUT2D eigenvalue weighted by molar-refractivity contribution is 5.94. The number of aryl methyl sites for hydroxylation is 2. The Morgan fingerprint density at radius 2 is 1.73 bits per heavy atom. The third kappa shape index (κ3) is 3.73. The molecule has 3 aromatic rings. The van der Waals surface area contributed by atoms with Crippen molar-refractivity contribution in [1.82, 2.24) is 14.8 Å². The van der Waals surface area contributed by atoms with E-state index in [1.165, 1.54) is 11.4 Å². The first-order chi connectivity index (χ1) is 12.5. The summed E-state index contributed by atoms with van der Waals surface area (Å²) >= 11 is 0. The van der Waals surface area contributed by atoms with Gasteiger partial charge in [-0.3, -0.25) is 9.69 Å². The van der Waals surface area contributed by atoms with Crippen molar-refractivity contribution in [3.05, 3.63) is 77.5 Å². The van der Waals surface area contributed by atoms with Gasteiger partial charge in [-0.15, -0.1) is 0 Å². The number of nitrogens with zero attached hydrogens (tertiary/aromatic N) is 2. The summed E-state index contributed by atoms with van der Waals surface area (Å²) < 4.78 is 7.65. The van der Waals surface area contributed by atoms with E-state index in [4.69, 9.17) is 4.42 Å². The summed E-state index contributed by atoms with van der Waals surface area (Å²) in [7, 11) is 3.94. The van der Waals surface area contributed by atoms with Crippen molar-refractivity contribution >= 4 is 5.91 Å². The molecule has 0 aliphatic rings. The number of carbonyl (C=O) groups is 1. The summed E-state index contributed by atoms with van der Waals surface area (Å²) in [4.78, 5) is 14.5. The van der Waals surface area contributed by atoms with Gasteiger partial charge in [0.1, 0.15) is 5.76 Å². The number of aromatic nitrogens is 1. The number of hydrogen-bond donors (Lipinski definition) is 1. The minimum atomic E-state index is -0.0871. The molecule has 0 aliphatic heterocycles. The molecule has 0 saturated carbocycles. The number of benzene rings is 1. The maximum Gasteiger partial charge on any atom is 0.251 e. The normalized spacial score (nSPS) is 12.3. The zero-order valence-corrected chi connectivity index (χ0v) is 15.7. The van der Waals surface area contributed by atoms with E-state index < -0.39 is 0 Å². The number of amides is 1. The van der Waals surface area contributed by atoms with Gasteiger partial charge in [-0.25, -0.2) is 0 Å². The van der Waals surface area contributed by atoms with Gasteiger partial charge in [0, 0.05) is 29.2 Å². The Bertz CT molecular complexity index is 842. The van der Waals surface area contributed by atoms with Crippen molar-refractivity contribution in [2.24, 2.45) is 0 Å². The largest absolute Gasteiger partial charge is 0.468 e. The Labute approximate surface area is 154 Å². The number of nitrogens with one attached hydrogen (secondary N) is 1. The van der Waals surface area contributed by atoms with Crippen molar-refractivity contribution in [3.63, 3.8) is 0 Å². The van der Waals surface area contributed by atoms with E-state index in [-0.39, 0.29) is 11.9 Å². The second kappa shape index (κ2) is 7.62. The number of likely N-dealkylation sites (N-methyl/N-ethyl adjacent to an activating group) is 1. The van der Waals surface area contributed by atoms with Crippen LogP contribution in [0.15, 0.2) is 59.2 Å². The van der Waals surface area contributed by atoms with Crippen LogP contribution in [-0.2, 0) is 0 Å². The lowest BCUT2D eigenvalue weighted by Gasteiger charge is -2.22. The third-order valence-electron chi connectivity index (χ3n) is 4.61. The molecule has 26 heavy (non-hydrogen) atoms. The maximum atomic E-state index is 12.5. The van der Waals surface area contributed by atoms with Gasteiger partial charge in [-0.1, -0.05) is 0 Å². The molecule has 0 fully saturated rings. The highest BCUT2D eigenvalue weighted by atomic mass is 16.3. The van der Waals surface area contributed by atoms with Crippen molar-refractivity contribution < 1.29 is 9.21 Å². The van der Waals surface area contributed by atoms with Crippen LogP contribution in [-0.4, -0.2) is 36.0 Å². The van der Waals surface area contributed by atoms with E-state index in [2.05, 4.69) is 35.9 Å². The highest BCUT2D eigenvalue weighted by Crippen LogP contribution is 2.19. The zero-order chi connectivity index (χ0) is 18.7. The first kappa shape index (κ1) is 18.0. The Balaban J connectivity index is 1.68. The van der Waals surface area contributed by atoms with Gasteiger partial charge in [0.25, 0.3) is 5.91 Å². The second-order valence-corrected chi connectivity index (χ2v) is 6.70. The maximum absolute atomic E-state index is 12.5. The Kier molecular flexibility index (Phi) is 5.28. The van der Waals surface area contributed by atoms with Gasteiger partial charge in [0.05, 0.1) is 12.3 Å². The Morgan fingerprint density at radius 3 is 2.27 bits per heavy atom. The van der Waals surface area contributed by atoms with Gasteiger partial charge in [-0.05, 0) is 76.5 Å². The smallest absolute Gasteiger partial charge is 0.251 e. The van der Waals surface area contributed by atoms with Gasteiger partial charge in [0.15, 0.2) is 0 Å². The van der Waals surface area contributed by atoms with Crippen molar-refractivity contribution in [1.29, 1.82) is 0 Å². The highest BCUT2D eigenvalue weighted by Gasteiger charge is 2.18. The molecule has 1 atom stereocenters. The van der Waals surface area contributed by atoms with Crippen LogP contribution in [0.3, 0.4) is 0 Å². The standard InChI is InChI=1S/C21H25N3O2/c1-15-7-8-16(2)24(15)18-11-9-17(10-12-18)21(25)22-14-19(23(3)4)20-6-5-13-26-20/h5-13,19H,14H2,1-4H3,(H,22,25)/t19-/m0/s1. The summed E-state index contributed by atoms with van der Waals surface area (Å²) in [6, 6.07) is 15.6. The summed E-state index contributed by atoms with van der Waals surface area (Å²) in [6.45, 7) is 4.63. The molecule has 3 rings (SSSR count).